The number of para-hydroxylation sites is 4. The first-order chi connectivity index (χ1) is 23.5. The van der Waals surface area contributed by atoms with Gasteiger partial charge in [-0.25, -0.2) is 8.42 Å². The molecule has 0 N–H and O–H groups in total. The summed E-state index contributed by atoms with van der Waals surface area (Å²) in [7, 11) is -3.97. The Bertz CT molecular complexity index is 2250. The van der Waals surface area contributed by atoms with Crippen molar-refractivity contribution in [3.8, 4) is 0 Å². The van der Waals surface area contributed by atoms with Crippen LogP contribution in [-0.2, 0) is 20.7 Å². The van der Waals surface area contributed by atoms with Gasteiger partial charge < -0.3 is 9.80 Å². The van der Waals surface area contributed by atoms with Crippen LogP contribution in [0.25, 0.3) is 0 Å². The van der Waals surface area contributed by atoms with Crippen molar-refractivity contribution in [2.45, 2.75) is 48.3 Å². The Hall–Kier alpha value is -5.46. The average Bonchev–Trinajstić information content (AvgIpc) is 3.11. The summed E-state index contributed by atoms with van der Waals surface area (Å²) in [5, 5.41) is 0. The lowest BCUT2D eigenvalue weighted by atomic mass is 9.73. The van der Waals surface area contributed by atoms with Crippen LogP contribution < -0.4 is 9.80 Å². The van der Waals surface area contributed by atoms with E-state index in [4.69, 9.17) is 0 Å². The SMILES string of the molecule is CC1(C)c2ccccc2N(c2ccc3c(c2)C(=O)c2cc(N4c5ccccc5C(C)(C)c5ccccc54)ccc2S3(=O)=O)c2ccccc21. The maximum absolute atomic E-state index is 14.6. The molecule has 3 aliphatic rings. The van der Waals surface area contributed by atoms with Crippen molar-refractivity contribution < 1.29 is 13.2 Å². The lowest BCUT2D eigenvalue weighted by molar-refractivity contribution is 0.103. The van der Waals surface area contributed by atoms with Crippen molar-refractivity contribution in [2.75, 3.05) is 9.80 Å². The van der Waals surface area contributed by atoms with E-state index in [-0.39, 0.29) is 37.5 Å². The monoisotopic (exact) mass is 658 g/mol. The van der Waals surface area contributed by atoms with E-state index in [2.05, 4.69) is 86.0 Å². The second-order valence-electron chi connectivity index (χ2n) is 14.2. The second kappa shape index (κ2) is 10.0. The second-order valence-corrected chi connectivity index (χ2v) is 16.1. The summed E-state index contributed by atoms with van der Waals surface area (Å²) in [4.78, 5) is 18.9. The minimum absolute atomic E-state index is 0.0378. The summed E-state index contributed by atoms with van der Waals surface area (Å²) in [6, 6.07) is 43.5. The third-order valence-corrected chi connectivity index (χ3v) is 12.7. The molecule has 0 unspecified atom stereocenters. The zero-order valence-corrected chi connectivity index (χ0v) is 28.5. The maximum Gasteiger partial charge on any atom is 0.208 e. The van der Waals surface area contributed by atoms with Crippen molar-refractivity contribution in [1.82, 2.24) is 0 Å². The lowest BCUT2D eigenvalue weighted by Crippen LogP contribution is -2.31. The number of hydrogen-bond acceptors (Lipinski definition) is 5. The van der Waals surface area contributed by atoms with Crippen molar-refractivity contribution in [3.05, 3.63) is 167 Å². The van der Waals surface area contributed by atoms with E-state index in [9.17, 15) is 13.2 Å². The third-order valence-electron chi connectivity index (χ3n) is 10.8. The fourth-order valence-electron chi connectivity index (χ4n) is 8.30. The summed E-state index contributed by atoms with van der Waals surface area (Å²) >= 11 is 0. The first kappa shape index (κ1) is 29.7. The number of carbonyl (C=O) groups excluding carboxylic acids is 1. The highest BCUT2D eigenvalue weighted by Gasteiger charge is 2.41. The number of benzene rings is 6. The molecule has 6 aromatic rings. The first-order valence-electron chi connectivity index (χ1n) is 16.6. The Balaban J connectivity index is 1.21. The highest BCUT2D eigenvalue weighted by Crippen LogP contribution is 2.54. The van der Waals surface area contributed by atoms with Gasteiger partial charge in [0.1, 0.15) is 0 Å². The molecule has 0 saturated heterocycles. The Morgan fingerprint density at radius 1 is 0.449 bits per heavy atom. The van der Waals surface area contributed by atoms with Crippen molar-refractivity contribution in [2.24, 2.45) is 0 Å². The molecular formula is C43H34N2O3S. The van der Waals surface area contributed by atoms with E-state index in [0.29, 0.717) is 0 Å². The molecule has 0 aromatic heterocycles. The van der Waals surface area contributed by atoms with E-state index < -0.39 is 9.84 Å². The summed E-state index contributed by atoms with van der Waals surface area (Å²) in [5.41, 5.74) is 10.0. The number of nitrogens with zero attached hydrogens (tertiary/aromatic N) is 2. The fourth-order valence-corrected chi connectivity index (χ4v) is 9.91. The Kier molecular flexibility index (Phi) is 6.07. The van der Waals surface area contributed by atoms with Gasteiger partial charge in [0.05, 0.1) is 32.5 Å². The molecule has 0 bridgehead atoms. The molecule has 49 heavy (non-hydrogen) atoms. The van der Waals surface area contributed by atoms with E-state index >= 15 is 0 Å². The standard InChI is InChI=1S/C43H34N2O3S/c1-42(2)31-13-5-9-17-35(31)44(36-18-10-6-14-32(36)42)27-21-23-39-29(25-27)41(46)30-26-28(22-24-40(30)49(39,47)48)45-37-19-11-7-15-33(37)43(3,4)34-16-8-12-20-38(34)45/h5-26H,1-4H3. The van der Waals surface area contributed by atoms with Crippen LogP contribution in [-0.4, -0.2) is 14.2 Å². The molecule has 0 radical (unpaired) electrons. The van der Waals surface area contributed by atoms with Crippen molar-refractivity contribution in [1.29, 1.82) is 0 Å². The van der Waals surface area contributed by atoms with Crippen LogP contribution >= 0.6 is 0 Å². The molecule has 6 aromatic carbocycles. The normalized spacial score (nSPS) is 17.2. The minimum atomic E-state index is -3.97. The van der Waals surface area contributed by atoms with Gasteiger partial charge in [0.25, 0.3) is 0 Å². The van der Waals surface area contributed by atoms with E-state index in [1.807, 2.05) is 60.7 Å². The van der Waals surface area contributed by atoms with Crippen LogP contribution in [0.5, 0.6) is 0 Å². The molecule has 9 rings (SSSR count). The smallest absolute Gasteiger partial charge is 0.208 e. The minimum Gasteiger partial charge on any atom is -0.310 e. The predicted octanol–water partition coefficient (Wildman–Crippen LogP) is 10.3. The van der Waals surface area contributed by atoms with Crippen LogP contribution in [0.4, 0.5) is 34.1 Å². The lowest BCUT2D eigenvalue weighted by Gasteiger charge is -2.42. The fraction of sp³-hybridized carbons (Fsp3) is 0.140. The Morgan fingerprint density at radius 3 is 1.08 bits per heavy atom. The Morgan fingerprint density at radius 2 is 0.755 bits per heavy atom. The quantitative estimate of drug-likeness (QED) is 0.185. The van der Waals surface area contributed by atoms with Gasteiger partial charge in [0.15, 0.2) is 5.78 Å². The molecule has 0 atom stereocenters. The Labute approximate surface area is 287 Å². The molecule has 0 aliphatic carbocycles. The van der Waals surface area contributed by atoms with Gasteiger partial charge in [0.2, 0.25) is 9.84 Å². The number of anilines is 6. The summed E-state index contributed by atoms with van der Waals surface area (Å²) in [6.45, 7) is 8.89. The van der Waals surface area contributed by atoms with Crippen molar-refractivity contribution >= 4 is 49.7 Å². The van der Waals surface area contributed by atoms with Gasteiger partial charge in [-0.2, -0.15) is 0 Å². The van der Waals surface area contributed by atoms with Crippen LogP contribution in [0.15, 0.2) is 143 Å². The molecule has 3 heterocycles. The largest absolute Gasteiger partial charge is 0.310 e. The molecule has 240 valence electrons. The third kappa shape index (κ3) is 3.98. The highest BCUT2D eigenvalue weighted by molar-refractivity contribution is 7.91. The summed E-state index contributed by atoms with van der Waals surface area (Å²) in [5.74, 6) is -0.304. The topological polar surface area (TPSA) is 57.7 Å². The number of rotatable bonds is 2. The number of fused-ring (bicyclic) bond motifs is 6. The first-order valence-corrected chi connectivity index (χ1v) is 18.1. The number of hydrogen-bond donors (Lipinski definition) is 0. The molecular weight excluding hydrogens is 625 g/mol. The molecule has 5 nitrogen and oxygen atoms in total. The number of carbonyl (C=O) groups is 1. The predicted molar refractivity (Wildman–Crippen MR) is 195 cm³/mol. The van der Waals surface area contributed by atoms with E-state index in [0.717, 1.165) is 56.4 Å². The van der Waals surface area contributed by atoms with Crippen LogP contribution in [0.3, 0.4) is 0 Å². The molecule has 6 heteroatoms. The summed E-state index contributed by atoms with van der Waals surface area (Å²) in [6.07, 6.45) is 0. The number of sulfone groups is 1. The van der Waals surface area contributed by atoms with Gasteiger partial charge in [-0.05, 0) is 82.9 Å². The van der Waals surface area contributed by atoms with Crippen LogP contribution in [0.1, 0.15) is 65.9 Å². The van der Waals surface area contributed by atoms with E-state index in [1.54, 1.807) is 24.3 Å². The number of ketones is 1. The molecule has 0 saturated carbocycles. The molecule has 3 aliphatic heterocycles. The average molecular weight is 659 g/mol. The van der Waals surface area contributed by atoms with Gasteiger partial charge in [-0.15, -0.1) is 0 Å². The van der Waals surface area contributed by atoms with Gasteiger partial charge in [0, 0.05) is 33.3 Å². The molecule has 0 amide bonds. The molecule has 0 spiro atoms. The van der Waals surface area contributed by atoms with Gasteiger partial charge >= 0.3 is 0 Å². The van der Waals surface area contributed by atoms with E-state index in [1.165, 1.54) is 0 Å². The zero-order chi connectivity index (χ0) is 33.9. The zero-order valence-electron chi connectivity index (χ0n) is 27.7. The highest BCUT2D eigenvalue weighted by atomic mass is 32.2. The summed E-state index contributed by atoms with van der Waals surface area (Å²) < 4.78 is 28.4. The maximum atomic E-state index is 14.6. The molecule has 0 fully saturated rings. The van der Waals surface area contributed by atoms with Crippen LogP contribution in [0, 0.1) is 0 Å². The van der Waals surface area contributed by atoms with Gasteiger partial charge in [-0.3, -0.25) is 4.79 Å². The van der Waals surface area contributed by atoms with Gasteiger partial charge in [-0.1, -0.05) is 100 Å². The van der Waals surface area contributed by atoms with Crippen LogP contribution in [0.2, 0.25) is 0 Å². The van der Waals surface area contributed by atoms with Crippen molar-refractivity contribution in [3.63, 3.8) is 0 Å².